The van der Waals surface area contributed by atoms with Gasteiger partial charge in [-0.05, 0) is 24.3 Å². The third-order valence-electron chi connectivity index (χ3n) is 4.09. The molecule has 10 heteroatoms. The Morgan fingerprint density at radius 2 is 1.48 bits per heavy atom. The number of carbonyl (C=O) groups is 2. The molecule has 1 aromatic heterocycles. The first kappa shape index (κ1) is 20.2. The summed E-state index contributed by atoms with van der Waals surface area (Å²) in [4.78, 5) is 28.2. The molecule has 0 saturated carbocycles. The maximum absolute atomic E-state index is 13.7. The molecule has 1 N–H and O–H groups in total. The van der Waals surface area contributed by atoms with Crippen LogP contribution in [-0.2, 0) is 18.3 Å². The molecule has 0 unspecified atom stereocenters. The molecule has 0 aliphatic rings. The molecule has 5 nitrogen and oxygen atoms in total. The summed E-state index contributed by atoms with van der Waals surface area (Å²) in [6.45, 7) is 0. The van der Waals surface area contributed by atoms with Crippen molar-refractivity contribution in [1.82, 2.24) is 9.55 Å². The van der Waals surface area contributed by atoms with Crippen LogP contribution in [0.2, 0.25) is 0 Å². The van der Waals surface area contributed by atoms with Gasteiger partial charge in [0.05, 0.1) is 6.42 Å². The summed E-state index contributed by atoms with van der Waals surface area (Å²) < 4.78 is 68.3. The van der Waals surface area contributed by atoms with E-state index in [1.807, 2.05) is 0 Å². The van der Waals surface area contributed by atoms with Crippen LogP contribution in [0.1, 0.15) is 21.7 Å². The van der Waals surface area contributed by atoms with Crippen LogP contribution in [0.5, 0.6) is 0 Å². The first-order valence-corrected chi connectivity index (χ1v) is 8.13. The van der Waals surface area contributed by atoms with Crippen LogP contribution < -0.4 is 5.32 Å². The highest BCUT2D eigenvalue weighted by Crippen LogP contribution is 2.24. The van der Waals surface area contributed by atoms with E-state index in [1.165, 1.54) is 35.0 Å². The zero-order valence-corrected chi connectivity index (χ0v) is 14.8. The fraction of sp³-hybridized carbons (Fsp3) is 0.105. The van der Waals surface area contributed by atoms with Crippen LogP contribution in [0.3, 0.4) is 0 Å². The lowest BCUT2D eigenvalue weighted by atomic mass is 10.1. The summed E-state index contributed by atoms with van der Waals surface area (Å²) in [5.74, 6) is -11.8. The fourth-order valence-corrected chi connectivity index (χ4v) is 2.59. The molecule has 150 valence electrons. The SMILES string of the molecule is Cn1ccnc1C(=O)c1ccc(NC(=O)Cc2c(F)c(F)c(F)c(F)c2F)cc1. The van der Waals surface area contributed by atoms with Gasteiger partial charge < -0.3 is 9.88 Å². The summed E-state index contributed by atoms with van der Waals surface area (Å²) in [6, 6.07) is 5.50. The minimum absolute atomic E-state index is 0.162. The summed E-state index contributed by atoms with van der Waals surface area (Å²) in [7, 11) is 1.65. The van der Waals surface area contributed by atoms with Gasteiger partial charge in [-0.1, -0.05) is 0 Å². The molecule has 0 radical (unpaired) electrons. The van der Waals surface area contributed by atoms with Gasteiger partial charge in [0.1, 0.15) is 0 Å². The molecule has 0 bridgehead atoms. The zero-order chi connectivity index (χ0) is 21.3. The first-order chi connectivity index (χ1) is 13.7. The first-order valence-electron chi connectivity index (χ1n) is 8.13. The quantitative estimate of drug-likeness (QED) is 0.304. The van der Waals surface area contributed by atoms with E-state index in [1.54, 1.807) is 13.2 Å². The second-order valence-corrected chi connectivity index (χ2v) is 6.04. The highest BCUT2D eigenvalue weighted by Gasteiger charge is 2.26. The van der Waals surface area contributed by atoms with Crippen molar-refractivity contribution in [1.29, 1.82) is 0 Å². The number of ketones is 1. The Morgan fingerprint density at radius 3 is 2.00 bits per heavy atom. The maximum Gasteiger partial charge on any atom is 0.229 e. The molecule has 3 rings (SSSR count). The lowest BCUT2D eigenvalue weighted by Gasteiger charge is -2.09. The monoisotopic (exact) mass is 409 g/mol. The van der Waals surface area contributed by atoms with Gasteiger partial charge in [0.2, 0.25) is 17.5 Å². The van der Waals surface area contributed by atoms with Crippen molar-refractivity contribution >= 4 is 17.4 Å². The van der Waals surface area contributed by atoms with Gasteiger partial charge in [-0.2, -0.15) is 0 Å². The van der Waals surface area contributed by atoms with E-state index >= 15 is 0 Å². The van der Waals surface area contributed by atoms with Crippen molar-refractivity contribution in [3.63, 3.8) is 0 Å². The Kier molecular flexibility index (Phi) is 5.44. The Morgan fingerprint density at radius 1 is 0.931 bits per heavy atom. The van der Waals surface area contributed by atoms with Gasteiger partial charge in [-0.3, -0.25) is 9.59 Å². The minimum Gasteiger partial charge on any atom is -0.331 e. The van der Waals surface area contributed by atoms with E-state index in [4.69, 9.17) is 0 Å². The van der Waals surface area contributed by atoms with E-state index in [-0.39, 0.29) is 22.9 Å². The van der Waals surface area contributed by atoms with E-state index < -0.39 is 47.0 Å². The Hall–Kier alpha value is -3.56. The van der Waals surface area contributed by atoms with Crippen molar-refractivity contribution in [2.24, 2.45) is 7.05 Å². The summed E-state index contributed by atoms with van der Waals surface area (Å²) in [5, 5.41) is 2.27. The lowest BCUT2D eigenvalue weighted by Crippen LogP contribution is -2.18. The van der Waals surface area contributed by atoms with Gasteiger partial charge in [-0.15, -0.1) is 0 Å². The minimum atomic E-state index is -2.29. The Balaban J connectivity index is 1.74. The van der Waals surface area contributed by atoms with Crippen molar-refractivity contribution in [2.75, 3.05) is 5.32 Å². The number of nitrogens with zero attached hydrogens (tertiary/aromatic N) is 2. The van der Waals surface area contributed by atoms with Crippen LogP contribution in [0.4, 0.5) is 27.6 Å². The van der Waals surface area contributed by atoms with Crippen LogP contribution in [0, 0.1) is 29.1 Å². The van der Waals surface area contributed by atoms with E-state index in [2.05, 4.69) is 10.3 Å². The highest BCUT2D eigenvalue weighted by molar-refractivity contribution is 6.07. The number of carbonyl (C=O) groups excluding carboxylic acids is 2. The van der Waals surface area contributed by atoms with E-state index in [0.717, 1.165) is 0 Å². The maximum atomic E-state index is 13.7. The molecule has 0 aliphatic heterocycles. The molecule has 2 aromatic carbocycles. The number of benzene rings is 2. The number of nitrogens with one attached hydrogen (secondary N) is 1. The number of rotatable bonds is 5. The van der Waals surface area contributed by atoms with Crippen molar-refractivity contribution < 1.29 is 31.5 Å². The average Bonchev–Trinajstić information content (AvgIpc) is 3.14. The van der Waals surface area contributed by atoms with Gasteiger partial charge >= 0.3 is 0 Å². The molecule has 29 heavy (non-hydrogen) atoms. The number of aryl methyl sites for hydroxylation is 1. The van der Waals surface area contributed by atoms with E-state index in [9.17, 15) is 31.5 Å². The third-order valence-corrected chi connectivity index (χ3v) is 4.09. The largest absolute Gasteiger partial charge is 0.331 e. The molecule has 0 saturated heterocycles. The standard InChI is InChI=1S/C19H12F5N3O2/c1-27-7-6-25-19(27)18(29)9-2-4-10(5-3-9)26-12(28)8-11-13(20)15(22)17(24)16(23)14(11)21/h2-7H,8H2,1H3,(H,26,28). The molecule has 0 spiro atoms. The highest BCUT2D eigenvalue weighted by atomic mass is 19.2. The number of aromatic nitrogens is 2. The summed E-state index contributed by atoms with van der Waals surface area (Å²) >= 11 is 0. The topological polar surface area (TPSA) is 64.0 Å². The van der Waals surface area contributed by atoms with Crippen LogP contribution in [0.25, 0.3) is 0 Å². The lowest BCUT2D eigenvalue weighted by molar-refractivity contribution is -0.115. The molecular formula is C19H12F5N3O2. The average molecular weight is 409 g/mol. The number of hydrogen-bond acceptors (Lipinski definition) is 3. The second kappa shape index (κ2) is 7.82. The third kappa shape index (κ3) is 3.86. The van der Waals surface area contributed by atoms with Gasteiger partial charge in [-0.25, -0.2) is 26.9 Å². The van der Waals surface area contributed by atoms with Gasteiger partial charge in [0.25, 0.3) is 0 Å². The number of halogens is 5. The fourth-order valence-electron chi connectivity index (χ4n) is 2.59. The van der Waals surface area contributed by atoms with Gasteiger partial charge in [0, 0.05) is 36.3 Å². The predicted octanol–water partition coefficient (Wildman–Crippen LogP) is 3.53. The van der Waals surface area contributed by atoms with Crippen LogP contribution in [0.15, 0.2) is 36.7 Å². The van der Waals surface area contributed by atoms with E-state index in [0.29, 0.717) is 0 Å². The molecular weight excluding hydrogens is 397 g/mol. The number of hydrogen-bond donors (Lipinski definition) is 1. The van der Waals surface area contributed by atoms with Crippen molar-refractivity contribution in [2.45, 2.75) is 6.42 Å². The normalized spacial score (nSPS) is 10.8. The molecule has 1 heterocycles. The second-order valence-electron chi connectivity index (χ2n) is 6.04. The van der Waals surface area contributed by atoms with Crippen molar-refractivity contribution in [3.05, 3.63) is 82.7 Å². The summed E-state index contributed by atoms with van der Waals surface area (Å²) in [5.41, 5.74) is -0.798. The number of amides is 1. The van der Waals surface area contributed by atoms with Crippen LogP contribution >= 0.6 is 0 Å². The zero-order valence-electron chi connectivity index (χ0n) is 14.8. The molecule has 0 atom stereocenters. The molecule has 0 fully saturated rings. The number of imidazole rings is 1. The Labute approximate surface area is 160 Å². The smallest absolute Gasteiger partial charge is 0.229 e. The summed E-state index contributed by atoms with van der Waals surface area (Å²) in [6.07, 6.45) is 1.99. The molecule has 3 aromatic rings. The van der Waals surface area contributed by atoms with Gasteiger partial charge in [0.15, 0.2) is 29.1 Å². The van der Waals surface area contributed by atoms with Crippen LogP contribution in [-0.4, -0.2) is 21.2 Å². The molecule has 0 aliphatic carbocycles. The predicted molar refractivity (Wildman–Crippen MR) is 91.6 cm³/mol. The van der Waals surface area contributed by atoms with Crippen molar-refractivity contribution in [3.8, 4) is 0 Å². The number of anilines is 1. The molecule has 1 amide bonds. The Bertz CT molecular complexity index is 1080.